The second kappa shape index (κ2) is 8.80. The molecule has 2 aromatic rings. The van der Waals surface area contributed by atoms with Crippen molar-refractivity contribution < 1.29 is 9.66 Å². The molecule has 0 amide bonds. The van der Waals surface area contributed by atoms with Gasteiger partial charge < -0.3 is 4.74 Å². The highest BCUT2D eigenvalue weighted by Crippen LogP contribution is 2.41. The lowest BCUT2D eigenvalue weighted by atomic mass is 9.79. The fourth-order valence-electron chi connectivity index (χ4n) is 4.30. The van der Waals surface area contributed by atoms with Gasteiger partial charge in [0.15, 0.2) is 5.66 Å². The van der Waals surface area contributed by atoms with E-state index in [4.69, 9.17) is 4.74 Å². The number of benzene rings is 2. The third kappa shape index (κ3) is 4.28. The number of rotatable bonds is 5. The summed E-state index contributed by atoms with van der Waals surface area (Å²) in [4.78, 5) is 13.1. The fourth-order valence-corrected chi connectivity index (χ4v) is 4.30. The summed E-state index contributed by atoms with van der Waals surface area (Å²) in [6.45, 7) is 9.86. The van der Waals surface area contributed by atoms with Crippen LogP contribution in [0.25, 0.3) is 5.57 Å². The fraction of sp³-hybridized carbons (Fsp3) is 0.417. The van der Waals surface area contributed by atoms with Gasteiger partial charge >= 0.3 is 0 Å². The van der Waals surface area contributed by atoms with Crippen molar-refractivity contribution in [3.05, 3.63) is 76.4 Å². The minimum absolute atomic E-state index is 0.0528. The average Bonchev–Trinajstić information content (AvgIpc) is 3.23. The maximum absolute atomic E-state index is 11.1. The molecule has 8 nitrogen and oxygen atoms in total. The second-order valence-corrected chi connectivity index (χ2v) is 9.13. The highest BCUT2D eigenvalue weighted by molar-refractivity contribution is 5.72. The molecule has 2 aliphatic heterocycles. The molecule has 32 heavy (non-hydrogen) atoms. The first-order valence-corrected chi connectivity index (χ1v) is 10.8. The number of ether oxygens (including phenoxy) is 1. The molecule has 0 saturated carbocycles. The van der Waals surface area contributed by atoms with Gasteiger partial charge in [0, 0.05) is 25.2 Å². The summed E-state index contributed by atoms with van der Waals surface area (Å²) >= 11 is 0. The number of allylic oxidation sites excluding steroid dienone is 1. The van der Waals surface area contributed by atoms with E-state index in [0.717, 1.165) is 24.3 Å². The highest BCUT2D eigenvalue weighted by atomic mass is 16.6. The number of hydrogen-bond donors (Lipinski definition) is 0. The van der Waals surface area contributed by atoms with Crippen molar-refractivity contribution in [2.24, 2.45) is 15.8 Å². The van der Waals surface area contributed by atoms with Crippen LogP contribution in [0.5, 0.6) is 0 Å². The first-order chi connectivity index (χ1) is 15.3. The summed E-state index contributed by atoms with van der Waals surface area (Å²) < 4.78 is 5.63. The summed E-state index contributed by atoms with van der Waals surface area (Å²) in [7, 11) is 0. The molecule has 168 valence electrons. The number of nitro benzene ring substituents is 1. The quantitative estimate of drug-likeness (QED) is 0.491. The van der Waals surface area contributed by atoms with Crippen LogP contribution in [0.4, 0.5) is 11.4 Å². The molecule has 0 aliphatic carbocycles. The molecule has 1 fully saturated rings. The Bertz CT molecular complexity index is 1010. The van der Waals surface area contributed by atoms with E-state index < -0.39 is 10.6 Å². The molecule has 1 saturated heterocycles. The number of hydrogen-bond acceptors (Lipinski definition) is 7. The first-order valence-electron chi connectivity index (χ1n) is 10.8. The number of nitro groups is 1. The summed E-state index contributed by atoms with van der Waals surface area (Å²) in [6.07, 6.45) is 2.29. The van der Waals surface area contributed by atoms with Crippen molar-refractivity contribution in [2.75, 3.05) is 37.9 Å². The van der Waals surface area contributed by atoms with E-state index in [0.29, 0.717) is 19.8 Å². The maximum Gasteiger partial charge on any atom is 0.269 e. The molecule has 0 radical (unpaired) electrons. The predicted octanol–water partition coefficient (Wildman–Crippen LogP) is 4.94. The minimum atomic E-state index is -0.627. The largest absolute Gasteiger partial charge is 0.379 e. The van der Waals surface area contributed by atoms with Gasteiger partial charge in [-0.3, -0.25) is 15.0 Å². The molecular formula is C24H29N5O3. The highest BCUT2D eigenvalue weighted by Gasteiger charge is 2.46. The molecule has 8 heteroatoms. The molecule has 2 aliphatic rings. The number of non-ortho nitro benzene ring substituents is 1. The van der Waals surface area contributed by atoms with Gasteiger partial charge in [-0.15, -0.1) is 0 Å². The van der Waals surface area contributed by atoms with Gasteiger partial charge in [0.1, 0.15) is 6.54 Å². The smallest absolute Gasteiger partial charge is 0.269 e. The zero-order valence-corrected chi connectivity index (χ0v) is 18.8. The summed E-state index contributed by atoms with van der Waals surface area (Å²) in [5.41, 5.74) is 2.42. The van der Waals surface area contributed by atoms with E-state index in [1.54, 1.807) is 12.1 Å². The zero-order chi connectivity index (χ0) is 22.8. The molecule has 0 bridgehead atoms. The van der Waals surface area contributed by atoms with Crippen LogP contribution in [-0.2, 0) is 4.74 Å². The van der Waals surface area contributed by atoms with E-state index in [9.17, 15) is 10.1 Å². The van der Waals surface area contributed by atoms with Crippen LogP contribution >= 0.6 is 0 Å². The van der Waals surface area contributed by atoms with Gasteiger partial charge in [-0.05, 0) is 34.8 Å². The molecule has 4 rings (SSSR count). The van der Waals surface area contributed by atoms with Gasteiger partial charge in [0.25, 0.3) is 5.69 Å². The van der Waals surface area contributed by atoms with Gasteiger partial charge in [-0.2, -0.15) is 5.11 Å². The van der Waals surface area contributed by atoms with Gasteiger partial charge in [0.2, 0.25) is 0 Å². The van der Waals surface area contributed by atoms with E-state index in [1.807, 2.05) is 23.2 Å². The molecule has 0 aromatic heterocycles. The number of nitrogens with zero attached hydrogens (tertiary/aromatic N) is 5. The van der Waals surface area contributed by atoms with Gasteiger partial charge in [0.05, 0.1) is 23.8 Å². The summed E-state index contributed by atoms with van der Waals surface area (Å²) in [5.74, 6) is 0. The predicted molar refractivity (Wildman–Crippen MR) is 124 cm³/mol. The minimum Gasteiger partial charge on any atom is -0.379 e. The van der Waals surface area contributed by atoms with Crippen molar-refractivity contribution in [3.8, 4) is 0 Å². The normalized spacial score (nSPS) is 22.3. The van der Waals surface area contributed by atoms with E-state index in [2.05, 4.69) is 54.2 Å². The van der Waals surface area contributed by atoms with Crippen LogP contribution in [0.15, 0.2) is 71.0 Å². The van der Waals surface area contributed by atoms with Crippen LogP contribution in [-0.4, -0.2) is 48.3 Å². The summed E-state index contributed by atoms with van der Waals surface area (Å²) in [6, 6.07) is 16.9. The lowest BCUT2D eigenvalue weighted by molar-refractivity contribution is -0.384. The number of anilines is 1. The van der Waals surface area contributed by atoms with Crippen molar-refractivity contribution in [2.45, 2.75) is 26.4 Å². The lowest BCUT2D eigenvalue weighted by Crippen LogP contribution is -2.61. The van der Waals surface area contributed by atoms with Crippen molar-refractivity contribution >= 4 is 16.9 Å². The molecule has 2 heterocycles. The Morgan fingerprint density at radius 2 is 1.75 bits per heavy atom. The Kier molecular flexibility index (Phi) is 6.08. The molecule has 0 spiro atoms. The van der Waals surface area contributed by atoms with Crippen molar-refractivity contribution in [3.63, 3.8) is 0 Å². The molecule has 0 N–H and O–H groups in total. The van der Waals surface area contributed by atoms with Crippen molar-refractivity contribution in [1.82, 2.24) is 4.90 Å². The molecule has 1 atom stereocenters. The van der Waals surface area contributed by atoms with Gasteiger partial charge in [-0.1, -0.05) is 56.3 Å². The van der Waals surface area contributed by atoms with E-state index >= 15 is 0 Å². The number of morpholine rings is 1. The van der Waals surface area contributed by atoms with Crippen LogP contribution in [0, 0.1) is 15.5 Å². The maximum atomic E-state index is 11.1. The van der Waals surface area contributed by atoms with Crippen LogP contribution in [0.3, 0.4) is 0 Å². The Labute approximate surface area is 188 Å². The monoisotopic (exact) mass is 435 g/mol. The van der Waals surface area contributed by atoms with E-state index in [-0.39, 0.29) is 11.1 Å². The lowest BCUT2D eigenvalue weighted by Gasteiger charge is -2.45. The van der Waals surface area contributed by atoms with Crippen LogP contribution in [0.1, 0.15) is 26.3 Å². The standard InChI is InChI=1S/C24H29N5O3/c1-23(2,3)22(19-7-5-4-6-8-19)17-24(27-13-15-32-16-14-27)18-25-26-28(24)20-9-11-21(12-10-20)29(30)31/h4-12,17H,13-16,18H2,1-3H3/b22-17+. The van der Waals surface area contributed by atoms with Crippen LogP contribution in [0.2, 0.25) is 0 Å². The first kappa shape index (κ1) is 22.1. The average molecular weight is 436 g/mol. The Balaban J connectivity index is 1.85. The third-order valence-electron chi connectivity index (χ3n) is 5.95. The Morgan fingerprint density at radius 1 is 1.09 bits per heavy atom. The third-order valence-corrected chi connectivity index (χ3v) is 5.95. The van der Waals surface area contributed by atoms with E-state index in [1.165, 1.54) is 17.7 Å². The molecule has 1 unspecified atom stereocenters. The Morgan fingerprint density at radius 3 is 2.34 bits per heavy atom. The van der Waals surface area contributed by atoms with Crippen molar-refractivity contribution in [1.29, 1.82) is 0 Å². The Hall–Kier alpha value is -3.10. The molecule has 2 aromatic carbocycles. The molecular weight excluding hydrogens is 406 g/mol. The second-order valence-electron chi connectivity index (χ2n) is 9.13. The summed E-state index contributed by atoms with van der Waals surface area (Å²) in [5, 5.41) is 22.0. The van der Waals surface area contributed by atoms with Gasteiger partial charge in [-0.25, -0.2) is 5.01 Å². The van der Waals surface area contributed by atoms with Crippen LogP contribution < -0.4 is 5.01 Å². The zero-order valence-electron chi connectivity index (χ0n) is 18.8. The SMILES string of the molecule is CC(C)(C)/C(=C/C1(N2CCOCC2)CN=NN1c1ccc([N+](=O)[O-])cc1)c1ccccc1. The topological polar surface area (TPSA) is 83.6 Å².